The third-order valence-corrected chi connectivity index (χ3v) is 5.68. The predicted octanol–water partition coefficient (Wildman–Crippen LogP) is 5.31. The number of nitrogens with two attached hydrogens (primary N) is 1. The Morgan fingerprint density at radius 3 is 2.54 bits per heavy atom. The van der Waals surface area contributed by atoms with Crippen molar-refractivity contribution in [3.8, 4) is 29.1 Å². The second kappa shape index (κ2) is 10.7. The number of ether oxygens (including phenoxy) is 4. The Bertz CT molecular complexity index is 1290. The largest absolute Gasteiger partial charge is 0.497 e. The number of fused-ring (bicyclic) bond motifs is 1. The van der Waals surface area contributed by atoms with Gasteiger partial charge in [-0.05, 0) is 54.4 Å². The van der Waals surface area contributed by atoms with Crippen LogP contribution >= 0.6 is 0 Å². The number of nitrogens with zero attached hydrogens (tertiary/aromatic N) is 1. The fourth-order valence-corrected chi connectivity index (χ4v) is 3.85. The molecule has 0 aliphatic carbocycles. The van der Waals surface area contributed by atoms with Crippen molar-refractivity contribution in [3.05, 3.63) is 94.9 Å². The molecule has 4 rings (SSSR count). The third kappa shape index (κ3) is 5.22. The molecular weight excluding hydrogens is 444 g/mol. The zero-order chi connectivity index (χ0) is 24.8. The van der Waals surface area contributed by atoms with E-state index in [2.05, 4.69) is 13.0 Å². The summed E-state index contributed by atoms with van der Waals surface area (Å²) >= 11 is 0. The minimum absolute atomic E-state index is 0.00922. The van der Waals surface area contributed by atoms with E-state index in [0.29, 0.717) is 40.7 Å². The Kier molecular flexibility index (Phi) is 7.22. The molecule has 0 radical (unpaired) electrons. The predicted molar refractivity (Wildman–Crippen MR) is 131 cm³/mol. The van der Waals surface area contributed by atoms with Gasteiger partial charge in [-0.2, -0.15) is 5.26 Å². The van der Waals surface area contributed by atoms with E-state index in [1.165, 1.54) is 0 Å². The Hall–Kier alpha value is -4.44. The number of carbonyl (C=O) groups excluding carboxylic acids is 1. The molecule has 1 atom stereocenters. The van der Waals surface area contributed by atoms with Gasteiger partial charge < -0.3 is 24.7 Å². The van der Waals surface area contributed by atoms with Crippen LogP contribution in [0.5, 0.6) is 23.0 Å². The first kappa shape index (κ1) is 23.7. The third-order valence-electron chi connectivity index (χ3n) is 5.68. The van der Waals surface area contributed by atoms with E-state index in [0.717, 1.165) is 24.0 Å². The van der Waals surface area contributed by atoms with Crippen LogP contribution in [0, 0.1) is 11.3 Å². The summed E-state index contributed by atoms with van der Waals surface area (Å²) in [6, 6.07) is 21.5. The summed E-state index contributed by atoms with van der Waals surface area (Å²) in [5.74, 6) is 1.15. The average molecular weight is 471 g/mol. The highest BCUT2D eigenvalue weighted by Gasteiger charge is 2.31. The molecule has 178 valence electrons. The summed E-state index contributed by atoms with van der Waals surface area (Å²) in [6.07, 6.45) is 2.02. The number of rotatable bonds is 8. The lowest BCUT2D eigenvalue weighted by molar-refractivity contribution is 0.0734. The van der Waals surface area contributed by atoms with Crippen LogP contribution in [-0.2, 0) is 0 Å². The van der Waals surface area contributed by atoms with Crippen molar-refractivity contribution in [2.24, 2.45) is 5.73 Å². The lowest BCUT2D eigenvalue weighted by Gasteiger charge is -2.27. The maximum absolute atomic E-state index is 12.7. The normalized spacial score (nSPS) is 14.4. The Morgan fingerprint density at radius 1 is 1.06 bits per heavy atom. The lowest BCUT2D eigenvalue weighted by Crippen LogP contribution is -2.21. The maximum atomic E-state index is 12.7. The van der Waals surface area contributed by atoms with Crippen molar-refractivity contribution < 1.29 is 23.7 Å². The molecule has 0 spiro atoms. The molecule has 0 amide bonds. The summed E-state index contributed by atoms with van der Waals surface area (Å²) in [7, 11) is 1.58. The fourth-order valence-electron chi connectivity index (χ4n) is 3.85. The molecule has 1 heterocycles. The van der Waals surface area contributed by atoms with Crippen molar-refractivity contribution in [2.45, 2.75) is 25.7 Å². The molecular formula is C28H26N2O5. The number of esters is 1. The van der Waals surface area contributed by atoms with Crippen molar-refractivity contribution in [2.75, 3.05) is 13.7 Å². The van der Waals surface area contributed by atoms with Gasteiger partial charge in [0, 0.05) is 11.6 Å². The number of benzene rings is 3. The first-order chi connectivity index (χ1) is 17.0. The van der Waals surface area contributed by atoms with Gasteiger partial charge in [0.05, 0.1) is 25.2 Å². The van der Waals surface area contributed by atoms with Crippen LogP contribution in [0.2, 0.25) is 0 Å². The molecule has 1 aliphatic heterocycles. The Balaban J connectivity index is 1.56. The van der Waals surface area contributed by atoms with Gasteiger partial charge in [-0.1, -0.05) is 31.5 Å². The van der Waals surface area contributed by atoms with E-state index < -0.39 is 11.9 Å². The quantitative estimate of drug-likeness (QED) is 0.270. The van der Waals surface area contributed by atoms with Gasteiger partial charge in [-0.3, -0.25) is 0 Å². The number of allylic oxidation sites excluding steroid dienone is 1. The summed E-state index contributed by atoms with van der Waals surface area (Å²) in [4.78, 5) is 12.7. The van der Waals surface area contributed by atoms with Crippen LogP contribution in [0.3, 0.4) is 0 Å². The average Bonchev–Trinajstić information content (AvgIpc) is 2.88. The number of unbranched alkanes of at least 4 members (excludes halogenated alkanes) is 1. The molecule has 3 aromatic rings. The second-order valence-corrected chi connectivity index (χ2v) is 8.02. The first-order valence-corrected chi connectivity index (χ1v) is 11.3. The molecule has 0 fully saturated rings. The van der Waals surface area contributed by atoms with Crippen LogP contribution in [0.1, 0.15) is 47.2 Å². The van der Waals surface area contributed by atoms with Crippen LogP contribution in [0.25, 0.3) is 0 Å². The molecule has 3 aromatic carbocycles. The van der Waals surface area contributed by atoms with Gasteiger partial charge in [0.15, 0.2) is 0 Å². The van der Waals surface area contributed by atoms with Gasteiger partial charge >= 0.3 is 5.97 Å². The van der Waals surface area contributed by atoms with Gasteiger partial charge in [0.1, 0.15) is 34.6 Å². The Labute approximate surface area is 204 Å². The number of methoxy groups -OCH3 is 1. The number of carbonyl (C=O) groups is 1. The van der Waals surface area contributed by atoms with Gasteiger partial charge in [-0.15, -0.1) is 0 Å². The van der Waals surface area contributed by atoms with Crippen molar-refractivity contribution in [1.29, 1.82) is 5.26 Å². The topological polar surface area (TPSA) is 104 Å². The summed E-state index contributed by atoms with van der Waals surface area (Å²) in [6.45, 7) is 2.73. The lowest BCUT2D eigenvalue weighted by atomic mass is 9.83. The van der Waals surface area contributed by atoms with E-state index in [4.69, 9.17) is 24.7 Å². The molecule has 1 aliphatic rings. The van der Waals surface area contributed by atoms with Crippen LogP contribution in [0.4, 0.5) is 0 Å². The molecule has 0 aromatic heterocycles. The molecule has 1 unspecified atom stereocenters. The summed E-state index contributed by atoms with van der Waals surface area (Å²) < 4.78 is 22.3. The van der Waals surface area contributed by atoms with E-state index in [1.807, 2.05) is 24.3 Å². The highest BCUT2D eigenvalue weighted by molar-refractivity contribution is 5.91. The minimum atomic E-state index is -0.508. The van der Waals surface area contributed by atoms with Crippen LogP contribution < -0.4 is 24.7 Å². The van der Waals surface area contributed by atoms with E-state index in [9.17, 15) is 10.1 Å². The van der Waals surface area contributed by atoms with Crippen LogP contribution in [-0.4, -0.2) is 19.7 Å². The highest BCUT2D eigenvalue weighted by atomic mass is 16.5. The molecule has 0 saturated heterocycles. The van der Waals surface area contributed by atoms with Gasteiger partial charge in [0.2, 0.25) is 5.88 Å². The molecule has 2 N–H and O–H groups in total. The summed E-state index contributed by atoms with van der Waals surface area (Å²) in [5, 5.41) is 9.75. The SMILES string of the molecule is CCCCOc1ccc(C(=O)Oc2ccc3c(c2)OC(N)=C(C#N)C3c2cccc(OC)c2)cc1. The second-order valence-electron chi connectivity index (χ2n) is 8.02. The molecule has 0 saturated carbocycles. The van der Waals surface area contributed by atoms with Crippen molar-refractivity contribution >= 4 is 5.97 Å². The van der Waals surface area contributed by atoms with E-state index >= 15 is 0 Å². The number of hydrogen-bond acceptors (Lipinski definition) is 7. The number of nitriles is 1. The zero-order valence-electron chi connectivity index (χ0n) is 19.6. The smallest absolute Gasteiger partial charge is 0.343 e. The van der Waals surface area contributed by atoms with E-state index in [1.54, 1.807) is 49.6 Å². The van der Waals surface area contributed by atoms with Gasteiger partial charge in [0.25, 0.3) is 0 Å². The van der Waals surface area contributed by atoms with Crippen molar-refractivity contribution in [1.82, 2.24) is 0 Å². The standard InChI is InChI=1S/C28H26N2O5/c1-3-4-14-33-20-10-8-18(9-11-20)28(31)34-22-12-13-23-25(16-22)35-27(30)24(17-29)26(23)19-6-5-7-21(15-19)32-2/h5-13,15-16,26H,3-4,14,30H2,1-2H3. The number of hydrogen-bond donors (Lipinski definition) is 1. The molecule has 7 heteroatoms. The summed E-state index contributed by atoms with van der Waals surface area (Å²) in [5.41, 5.74) is 8.35. The highest BCUT2D eigenvalue weighted by Crippen LogP contribution is 2.44. The molecule has 7 nitrogen and oxygen atoms in total. The maximum Gasteiger partial charge on any atom is 0.343 e. The monoisotopic (exact) mass is 470 g/mol. The minimum Gasteiger partial charge on any atom is -0.497 e. The van der Waals surface area contributed by atoms with Gasteiger partial charge in [-0.25, -0.2) is 4.79 Å². The fraction of sp³-hybridized carbons (Fsp3) is 0.214. The first-order valence-electron chi connectivity index (χ1n) is 11.3. The van der Waals surface area contributed by atoms with Crippen molar-refractivity contribution in [3.63, 3.8) is 0 Å². The molecule has 35 heavy (non-hydrogen) atoms. The van der Waals surface area contributed by atoms with Crippen LogP contribution in [0.15, 0.2) is 78.2 Å². The molecule has 0 bridgehead atoms. The zero-order valence-corrected chi connectivity index (χ0v) is 19.6. The Morgan fingerprint density at radius 2 is 1.83 bits per heavy atom. The van der Waals surface area contributed by atoms with E-state index in [-0.39, 0.29) is 5.88 Å².